The van der Waals surface area contributed by atoms with Crippen LogP contribution in [0.2, 0.25) is 0 Å². The molecular formula is C21H21F3N6O3. The van der Waals surface area contributed by atoms with Crippen molar-refractivity contribution in [2.45, 2.75) is 19.1 Å². The number of nitrogens with one attached hydrogen (secondary N) is 1. The van der Waals surface area contributed by atoms with Crippen molar-refractivity contribution < 1.29 is 22.8 Å². The van der Waals surface area contributed by atoms with Gasteiger partial charge in [0.05, 0.1) is 23.7 Å². The van der Waals surface area contributed by atoms with E-state index in [9.17, 15) is 27.6 Å². The number of hydrogen-bond donors (Lipinski definition) is 1. The molecule has 2 aromatic heterocycles. The number of rotatable bonds is 5. The van der Waals surface area contributed by atoms with Crippen molar-refractivity contribution in [3.05, 3.63) is 64.2 Å². The van der Waals surface area contributed by atoms with Gasteiger partial charge in [0.15, 0.2) is 0 Å². The molecule has 0 aliphatic heterocycles. The van der Waals surface area contributed by atoms with Gasteiger partial charge in [-0.2, -0.15) is 28.1 Å². The Hall–Kier alpha value is -3.96. The second kappa shape index (κ2) is 8.88. The summed E-state index contributed by atoms with van der Waals surface area (Å²) in [4.78, 5) is 39.3. The molecule has 1 aromatic carbocycles. The van der Waals surface area contributed by atoms with Gasteiger partial charge in [-0.3, -0.25) is 19.1 Å². The van der Waals surface area contributed by atoms with Gasteiger partial charge in [0.2, 0.25) is 5.91 Å². The van der Waals surface area contributed by atoms with Gasteiger partial charge in [0.1, 0.15) is 17.3 Å². The lowest BCUT2D eigenvalue weighted by molar-refractivity contribution is -0.137. The summed E-state index contributed by atoms with van der Waals surface area (Å²) in [6, 6.07) is 4.43. The molecule has 2 heterocycles. The van der Waals surface area contributed by atoms with E-state index in [2.05, 4.69) is 15.5 Å². The molecule has 0 aliphatic rings. The summed E-state index contributed by atoms with van der Waals surface area (Å²) >= 11 is 0. The number of halogens is 3. The Morgan fingerprint density at radius 2 is 1.79 bits per heavy atom. The van der Waals surface area contributed by atoms with Gasteiger partial charge in [0, 0.05) is 26.7 Å². The topological polar surface area (TPSA) is 102 Å². The molecule has 3 aromatic rings. The number of amides is 2. The number of carbonyl (C=O) groups is 2. The third-order valence-corrected chi connectivity index (χ3v) is 4.76. The summed E-state index contributed by atoms with van der Waals surface area (Å²) in [7, 11) is 4.67. The van der Waals surface area contributed by atoms with Crippen LogP contribution in [0.5, 0.6) is 0 Å². The Morgan fingerprint density at radius 3 is 2.30 bits per heavy atom. The fourth-order valence-corrected chi connectivity index (χ4v) is 3.04. The Bertz CT molecular complexity index is 1250. The Kier molecular flexibility index (Phi) is 6.38. The fourth-order valence-electron chi connectivity index (χ4n) is 3.04. The Balaban J connectivity index is 2.10. The summed E-state index contributed by atoms with van der Waals surface area (Å²) in [6.07, 6.45) is -1.67. The lowest BCUT2D eigenvalue weighted by Gasteiger charge is -2.18. The van der Waals surface area contributed by atoms with Gasteiger partial charge in [-0.15, -0.1) is 0 Å². The summed E-state index contributed by atoms with van der Waals surface area (Å²) in [5.74, 6) is -1.20. The van der Waals surface area contributed by atoms with Gasteiger partial charge in [-0.1, -0.05) is 12.1 Å². The normalized spacial score (nSPS) is 12.3. The van der Waals surface area contributed by atoms with E-state index in [1.165, 1.54) is 61.2 Å². The summed E-state index contributed by atoms with van der Waals surface area (Å²) in [5, 5.41) is 10.7. The third kappa shape index (κ3) is 5.10. The number of alkyl halides is 3. The standard InChI is InChI=1S/C21H21F3N6O3/c1-12(19(32)28(2)3)26-18(31)16-9-17(13-5-7-14(8-6-13)21(22,23)24)27-30(20(16)33)15-10-25-29(4)11-15/h5-12H,1-4H3,(H,26,31)/t12-/m0/s1. The third-order valence-electron chi connectivity index (χ3n) is 4.76. The smallest absolute Gasteiger partial charge is 0.347 e. The fraction of sp³-hybridized carbons (Fsp3) is 0.286. The molecule has 0 saturated carbocycles. The van der Waals surface area contributed by atoms with Gasteiger partial charge in [0.25, 0.3) is 11.5 Å². The molecule has 1 atom stereocenters. The quantitative estimate of drug-likeness (QED) is 0.624. The highest BCUT2D eigenvalue weighted by molar-refractivity contribution is 5.97. The zero-order chi connectivity index (χ0) is 24.5. The maximum Gasteiger partial charge on any atom is 0.416 e. The van der Waals surface area contributed by atoms with Crippen LogP contribution in [0.1, 0.15) is 22.8 Å². The van der Waals surface area contributed by atoms with E-state index in [0.29, 0.717) is 0 Å². The number of benzene rings is 1. The minimum atomic E-state index is -4.51. The lowest BCUT2D eigenvalue weighted by atomic mass is 10.1. The van der Waals surface area contributed by atoms with Crippen molar-refractivity contribution in [2.24, 2.45) is 7.05 Å². The minimum Gasteiger partial charge on any atom is -0.347 e. The van der Waals surface area contributed by atoms with Crippen LogP contribution in [0.4, 0.5) is 13.2 Å². The van der Waals surface area contributed by atoms with Crippen LogP contribution in [0.3, 0.4) is 0 Å². The average molecular weight is 462 g/mol. The Morgan fingerprint density at radius 1 is 1.15 bits per heavy atom. The first-order chi connectivity index (χ1) is 15.4. The molecule has 9 nitrogen and oxygen atoms in total. The van der Waals surface area contributed by atoms with E-state index >= 15 is 0 Å². The monoisotopic (exact) mass is 462 g/mol. The zero-order valence-corrected chi connectivity index (χ0v) is 18.2. The number of nitrogens with zero attached hydrogens (tertiary/aromatic N) is 5. The van der Waals surface area contributed by atoms with E-state index in [1.54, 1.807) is 7.05 Å². The average Bonchev–Trinajstić information content (AvgIpc) is 3.18. The van der Waals surface area contributed by atoms with Crippen LogP contribution in [0.15, 0.2) is 47.5 Å². The highest BCUT2D eigenvalue weighted by Crippen LogP contribution is 2.30. The van der Waals surface area contributed by atoms with Crippen molar-refractivity contribution >= 4 is 11.8 Å². The molecule has 3 rings (SSSR count). The van der Waals surface area contributed by atoms with Gasteiger partial charge in [-0.25, -0.2) is 0 Å². The Labute approximate surface area is 186 Å². The first kappa shape index (κ1) is 23.7. The SMILES string of the molecule is C[C@H](NC(=O)c1cc(-c2ccc(C(F)(F)F)cc2)nn(-c2cnn(C)c2)c1=O)C(=O)N(C)C. The molecule has 0 aliphatic carbocycles. The van der Waals surface area contributed by atoms with Crippen LogP contribution >= 0.6 is 0 Å². The number of hydrogen-bond acceptors (Lipinski definition) is 5. The predicted molar refractivity (Wildman–Crippen MR) is 113 cm³/mol. The van der Waals surface area contributed by atoms with Crippen molar-refractivity contribution in [1.82, 2.24) is 29.8 Å². The van der Waals surface area contributed by atoms with Crippen molar-refractivity contribution in [3.63, 3.8) is 0 Å². The second-order valence-corrected chi connectivity index (χ2v) is 7.54. The predicted octanol–water partition coefficient (Wildman–Crippen LogP) is 1.86. The largest absolute Gasteiger partial charge is 0.416 e. The van der Waals surface area contributed by atoms with Crippen molar-refractivity contribution in [3.8, 4) is 16.9 Å². The summed E-state index contributed by atoms with van der Waals surface area (Å²) < 4.78 is 41.1. The molecule has 0 spiro atoms. The number of aromatic nitrogens is 4. The van der Waals surface area contributed by atoms with Crippen LogP contribution in [-0.4, -0.2) is 56.4 Å². The van der Waals surface area contributed by atoms with E-state index in [1.807, 2.05) is 0 Å². The maximum atomic E-state index is 13.0. The lowest BCUT2D eigenvalue weighted by Crippen LogP contribution is -2.45. The highest BCUT2D eigenvalue weighted by atomic mass is 19.4. The van der Waals surface area contributed by atoms with Gasteiger partial charge >= 0.3 is 6.18 Å². The van der Waals surface area contributed by atoms with Crippen LogP contribution < -0.4 is 10.9 Å². The molecule has 0 radical (unpaired) electrons. The van der Waals surface area contributed by atoms with Gasteiger partial charge in [-0.05, 0) is 25.1 Å². The highest BCUT2D eigenvalue weighted by Gasteiger charge is 2.30. The number of likely N-dealkylation sites (N-methyl/N-ethyl adjacent to an activating group) is 1. The molecule has 0 saturated heterocycles. The summed E-state index contributed by atoms with van der Waals surface area (Å²) in [6.45, 7) is 1.47. The first-order valence-corrected chi connectivity index (χ1v) is 9.71. The van der Waals surface area contributed by atoms with Crippen LogP contribution in [0, 0.1) is 0 Å². The first-order valence-electron chi connectivity index (χ1n) is 9.71. The van der Waals surface area contributed by atoms with Crippen molar-refractivity contribution in [1.29, 1.82) is 0 Å². The summed E-state index contributed by atoms with van der Waals surface area (Å²) in [5.41, 5.74) is -1.36. The van der Waals surface area contributed by atoms with Crippen LogP contribution in [0.25, 0.3) is 16.9 Å². The van der Waals surface area contributed by atoms with Crippen molar-refractivity contribution in [2.75, 3.05) is 14.1 Å². The molecule has 0 unspecified atom stereocenters. The van der Waals surface area contributed by atoms with Gasteiger partial charge < -0.3 is 10.2 Å². The number of carbonyl (C=O) groups excluding carboxylic acids is 2. The molecule has 1 N–H and O–H groups in total. The molecule has 0 fully saturated rings. The zero-order valence-electron chi connectivity index (χ0n) is 18.2. The van der Waals surface area contributed by atoms with E-state index in [0.717, 1.165) is 16.8 Å². The molecular weight excluding hydrogens is 441 g/mol. The molecule has 174 valence electrons. The maximum absolute atomic E-state index is 13.0. The van der Waals surface area contributed by atoms with E-state index in [-0.39, 0.29) is 28.4 Å². The molecule has 12 heteroatoms. The molecule has 0 bridgehead atoms. The van der Waals surface area contributed by atoms with E-state index in [4.69, 9.17) is 0 Å². The number of aryl methyl sites for hydroxylation is 1. The van der Waals surface area contributed by atoms with Crippen LogP contribution in [-0.2, 0) is 18.0 Å². The van der Waals surface area contributed by atoms with E-state index < -0.39 is 29.2 Å². The second-order valence-electron chi connectivity index (χ2n) is 7.54. The minimum absolute atomic E-state index is 0.0870. The molecule has 33 heavy (non-hydrogen) atoms. The molecule has 2 amide bonds.